The van der Waals surface area contributed by atoms with E-state index in [9.17, 15) is 0 Å². The summed E-state index contributed by atoms with van der Waals surface area (Å²) < 4.78 is 0. The van der Waals surface area contributed by atoms with E-state index in [0.717, 1.165) is 13.0 Å². The number of allylic oxidation sites excluding steroid dienone is 2. The maximum absolute atomic E-state index is 3.38. The highest BCUT2D eigenvalue weighted by Crippen LogP contribution is 1.94. The zero-order chi connectivity index (χ0) is 7.82. The highest BCUT2D eigenvalue weighted by atomic mass is 35.5. The first-order chi connectivity index (χ1) is 4.85. The van der Waals surface area contributed by atoms with Crippen LogP contribution in [0.3, 0.4) is 0 Å². The number of halogens is 1. The number of hydrogen-bond acceptors (Lipinski definition) is 1. The molecule has 0 aliphatic carbocycles. The fourth-order valence-electron chi connectivity index (χ4n) is 0.857. The first kappa shape index (κ1) is 13.4. The van der Waals surface area contributed by atoms with E-state index < -0.39 is 0 Å². The molecule has 0 radical (unpaired) electrons. The number of nitrogens with one attached hydrogen (secondary N) is 1. The maximum Gasteiger partial charge on any atom is 0.0143 e. The molecule has 0 spiro atoms. The van der Waals surface area contributed by atoms with Crippen LogP contribution in [-0.4, -0.2) is 6.54 Å². The summed E-state index contributed by atoms with van der Waals surface area (Å²) in [5, 5.41) is 3.38. The fourth-order valence-corrected chi connectivity index (χ4v) is 0.857. The molecule has 0 fully saturated rings. The number of hydrogen-bond donors (Lipinski definition) is 1. The molecule has 0 aliphatic heterocycles. The van der Waals surface area contributed by atoms with Gasteiger partial charge in [-0.25, -0.2) is 0 Å². The van der Waals surface area contributed by atoms with Crippen LogP contribution in [0.25, 0.3) is 0 Å². The Morgan fingerprint density at radius 2 is 2.00 bits per heavy atom. The van der Waals surface area contributed by atoms with Crippen LogP contribution in [0.5, 0.6) is 0 Å². The third-order valence-corrected chi connectivity index (χ3v) is 1.61. The van der Waals surface area contributed by atoms with Gasteiger partial charge in [-0.05, 0) is 19.8 Å². The van der Waals surface area contributed by atoms with Crippen molar-refractivity contribution in [2.45, 2.75) is 40.0 Å². The molecule has 0 aliphatic rings. The van der Waals surface area contributed by atoms with E-state index in [-0.39, 0.29) is 12.4 Å². The Balaban J connectivity index is 0. The van der Waals surface area contributed by atoms with Gasteiger partial charge >= 0.3 is 0 Å². The minimum Gasteiger partial charge on any atom is -0.389 e. The summed E-state index contributed by atoms with van der Waals surface area (Å²) in [6.45, 7) is 7.60. The lowest BCUT2D eigenvalue weighted by Crippen LogP contribution is -2.13. The third-order valence-electron chi connectivity index (χ3n) is 1.61. The SMILES string of the molecule is C/C=C(/CC)NCCCC.Cl. The Bertz CT molecular complexity index is 99.7. The average Bonchev–Trinajstić information content (AvgIpc) is 1.99. The van der Waals surface area contributed by atoms with Crippen LogP contribution >= 0.6 is 12.4 Å². The second-order valence-corrected chi connectivity index (χ2v) is 2.45. The smallest absolute Gasteiger partial charge is 0.0143 e. The van der Waals surface area contributed by atoms with E-state index in [0.29, 0.717) is 0 Å². The van der Waals surface area contributed by atoms with E-state index in [1.165, 1.54) is 18.5 Å². The molecule has 11 heavy (non-hydrogen) atoms. The topological polar surface area (TPSA) is 12.0 Å². The first-order valence-electron chi connectivity index (χ1n) is 4.24. The second-order valence-electron chi connectivity index (χ2n) is 2.45. The fraction of sp³-hybridized carbons (Fsp3) is 0.778. The van der Waals surface area contributed by atoms with Crippen molar-refractivity contribution >= 4 is 12.4 Å². The van der Waals surface area contributed by atoms with Gasteiger partial charge in [-0.3, -0.25) is 0 Å². The van der Waals surface area contributed by atoms with Crippen LogP contribution in [-0.2, 0) is 0 Å². The zero-order valence-corrected chi connectivity index (χ0v) is 8.63. The molecular weight excluding hydrogens is 158 g/mol. The summed E-state index contributed by atoms with van der Waals surface area (Å²) in [6, 6.07) is 0. The predicted molar refractivity (Wildman–Crippen MR) is 54.2 cm³/mol. The van der Waals surface area contributed by atoms with Crippen molar-refractivity contribution in [2.75, 3.05) is 6.54 Å². The molecular formula is C9H20ClN. The van der Waals surface area contributed by atoms with Gasteiger partial charge in [-0.1, -0.05) is 26.3 Å². The van der Waals surface area contributed by atoms with Gasteiger partial charge in [0, 0.05) is 12.2 Å². The molecule has 0 rings (SSSR count). The molecule has 1 N–H and O–H groups in total. The van der Waals surface area contributed by atoms with Crippen molar-refractivity contribution in [3.05, 3.63) is 11.8 Å². The predicted octanol–water partition coefficient (Wildman–Crippen LogP) is 3.11. The van der Waals surface area contributed by atoms with Crippen LogP contribution in [0.1, 0.15) is 40.0 Å². The summed E-state index contributed by atoms with van der Waals surface area (Å²) in [5.74, 6) is 0. The molecule has 0 heterocycles. The zero-order valence-electron chi connectivity index (χ0n) is 7.81. The third kappa shape index (κ3) is 7.73. The lowest BCUT2D eigenvalue weighted by atomic mass is 10.3. The van der Waals surface area contributed by atoms with Gasteiger partial charge in [-0.15, -0.1) is 12.4 Å². The summed E-state index contributed by atoms with van der Waals surface area (Å²) in [6.07, 6.45) is 5.82. The van der Waals surface area contributed by atoms with E-state index in [2.05, 4.69) is 32.2 Å². The number of unbranched alkanes of at least 4 members (excludes halogenated alkanes) is 1. The Labute approximate surface area is 76.7 Å². The van der Waals surface area contributed by atoms with E-state index >= 15 is 0 Å². The molecule has 0 amide bonds. The molecule has 0 atom stereocenters. The van der Waals surface area contributed by atoms with Gasteiger partial charge in [0.05, 0.1) is 0 Å². The van der Waals surface area contributed by atoms with E-state index in [1.54, 1.807) is 0 Å². The van der Waals surface area contributed by atoms with Gasteiger partial charge < -0.3 is 5.32 Å². The van der Waals surface area contributed by atoms with E-state index in [4.69, 9.17) is 0 Å². The Hall–Kier alpha value is -0.170. The van der Waals surface area contributed by atoms with Crippen molar-refractivity contribution in [2.24, 2.45) is 0 Å². The molecule has 68 valence electrons. The summed E-state index contributed by atoms with van der Waals surface area (Å²) in [4.78, 5) is 0. The Morgan fingerprint density at radius 3 is 2.36 bits per heavy atom. The summed E-state index contributed by atoms with van der Waals surface area (Å²) in [5.41, 5.74) is 1.37. The quantitative estimate of drug-likeness (QED) is 0.637. The van der Waals surface area contributed by atoms with Gasteiger partial charge in [0.2, 0.25) is 0 Å². The molecule has 1 nitrogen and oxygen atoms in total. The highest BCUT2D eigenvalue weighted by Gasteiger charge is 1.88. The van der Waals surface area contributed by atoms with Crippen LogP contribution in [0, 0.1) is 0 Å². The molecule has 0 aromatic carbocycles. The van der Waals surface area contributed by atoms with Crippen LogP contribution in [0.4, 0.5) is 0 Å². The monoisotopic (exact) mass is 177 g/mol. The van der Waals surface area contributed by atoms with Gasteiger partial charge in [0.1, 0.15) is 0 Å². The van der Waals surface area contributed by atoms with E-state index in [1.807, 2.05) is 0 Å². The van der Waals surface area contributed by atoms with Crippen molar-refractivity contribution in [3.63, 3.8) is 0 Å². The van der Waals surface area contributed by atoms with Gasteiger partial charge in [-0.2, -0.15) is 0 Å². The van der Waals surface area contributed by atoms with Gasteiger partial charge in [0.25, 0.3) is 0 Å². The molecule has 0 saturated carbocycles. The molecule has 0 aromatic heterocycles. The molecule has 0 unspecified atom stereocenters. The van der Waals surface area contributed by atoms with Gasteiger partial charge in [0.15, 0.2) is 0 Å². The average molecular weight is 178 g/mol. The van der Waals surface area contributed by atoms with Crippen LogP contribution < -0.4 is 5.32 Å². The highest BCUT2D eigenvalue weighted by molar-refractivity contribution is 5.85. The Kier molecular flexibility index (Phi) is 12.0. The minimum atomic E-state index is 0. The van der Waals surface area contributed by atoms with Crippen molar-refractivity contribution in [3.8, 4) is 0 Å². The first-order valence-corrected chi connectivity index (χ1v) is 4.24. The molecule has 0 aromatic rings. The minimum absolute atomic E-state index is 0. The molecule has 0 saturated heterocycles. The largest absolute Gasteiger partial charge is 0.389 e. The van der Waals surface area contributed by atoms with Crippen molar-refractivity contribution < 1.29 is 0 Å². The standard InChI is InChI=1S/C9H19N.ClH/c1-4-7-8-10-9(5-2)6-3;/h5,10H,4,6-8H2,1-3H3;1H/b9-5-;. The lowest BCUT2D eigenvalue weighted by molar-refractivity contribution is 0.693. The summed E-state index contributed by atoms with van der Waals surface area (Å²) >= 11 is 0. The maximum atomic E-state index is 3.38. The normalized spacial score (nSPS) is 10.6. The van der Waals surface area contributed by atoms with Crippen LogP contribution in [0.15, 0.2) is 11.8 Å². The second kappa shape index (κ2) is 9.83. The van der Waals surface area contributed by atoms with Crippen molar-refractivity contribution in [1.29, 1.82) is 0 Å². The lowest BCUT2D eigenvalue weighted by Gasteiger charge is -2.06. The Morgan fingerprint density at radius 1 is 1.36 bits per heavy atom. The van der Waals surface area contributed by atoms with Crippen molar-refractivity contribution in [1.82, 2.24) is 5.32 Å². The summed E-state index contributed by atoms with van der Waals surface area (Å²) in [7, 11) is 0. The number of rotatable bonds is 5. The van der Waals surface area contributed by atoms with Crippen LogP contribution in [0.2, 0.25) is 0 Å². The molecule has 2 heteroatoms. The molecule has 0 bridgehead atoms.